The molecule has 32 heavy (non-hydrogen) atoms. The van der Waals surface area contributed by atoms with E-state index in [-0.39, 0.29) is 18.9 Å². The molecule has 0 saturated heterocycles. The van der Waals surface area contributed by atoms with Crippen LogP contribution in [-0.4, -0.2) is 23.8 Å². The number of alkyl carbamates (subject to hydrolysis) is 1. The Balaban J connectivity index is 1.45. The molecule has 0 unspecified atom stereocenters. The monoisotopic (exact) mass is 427 g/mol. The zero-order valence-corrected chi connectivity index (χ0v) is 17.7. The highest BCUT2D eigenvalue weighted by Crippen LogP contribution is 2.44. The van der Waals surface area contributed by atoms with Crippen molar-refractivity contribution in [2.24, 2.45) is 0 Å². The fourth-order valence-electron chi connectivity index (χ4n) is 4.10. The number of benzene rings is 3. The first-order chi connectivity index (χ1) is 15.6. The lowest BCUT2D eigenvalue weighted by molar-refractivity contribution is -0.137. The van der Waals surface area contributed by atoms with E-state index < -0.39 is 12.1 Å². The quantitative estimate of drug-likeness (QED) is 0.444. The maximum Gasteiger partial charge on any atom is 0.411 e. The fourth-order valence-corrected chi connectivity index (χ4v) is 4.10. The van der Waals surface area contributed by atoms with Gasteiger partial charge in [0.25, 0.3) is 0 Å². The van der Waals surface area contributed by atoms with Gasteiger partial charge in [-0.2, -0.15) is 0 Å². The summed E-state index contributed by atoms with van der Waals surface area (Å²) in [5, 5.41) is 11.7. The molecule has 1 aliphatic carbocycles. The van der Waals surface area contributed by atoms with Gasteiger partial charge in [0, 0.05) is 18.0 Å². The summed E-state index contributed by atoms with van der Waals surface area (Å²) in [7, 11) is 0. The van der Waals surface area contributed by atoms with Crippen LogP contribution in [0, 0.1) is 0 Å². The van der Waals surface area contributed by atoms with E-state index in [2.05, 4.69) is 29.6 Å². The van der Waals surface area contributed by atoms with Gasteiger partial charge in [0.1, 0.15) is 6.61 Å². The Kier molecular flexibility index (Phi) is 6.66. The topological polar surface area (TPSA) is 75.6 Å². The van der Waals surface area contributed by atoms with Gasteiger partial charge in [-0.05, 0) is 40.7 Å². The van der Waals surface area contributed by atoms with Crippen LogP contribution in [0.4, 0.5) is 4.79 Å². The molecule has 0 saturated carbocycles. The maximum absolute atomic E-state index is 12.7. The summed E-state index contributed by atoms with van der Waals surface area (Å²) in [6, 6.07) is 25.9. The minimum Gasteiger partial charge on any atom is -0.481 e. The van der Waals surface area contributed by atoms with Crippen LogP contribution in [-0.2, 0) is 9.53 Å². The minimum absolute atomic E-state index is 0.00660. The second-order valence-electron chi connectivity index (χ2n) is 7.72. The molecule has 4 rings (SSSR count). The molecule has 162 valence electrons. The van der Waals surface area contributed by atoms with E-state index in [9.17, 15) is 9.59 Å². The number of carbonyl (C=O) groups is 2. The van der Waals surface area contributed by atoms with Gasteiger partial charge in [0.15, 0.2) is 0 Å². The van der Waals surface area contributed by atoms with Crippen molar-refractivity contribution in [1.29, 1.82) is 0 Å². The number of ether oxygens (including phenoxy) is 1. The molecule has 0 radical (unpaired) electrons. The number of rotatable bonds is 8. The number of nitrogens with one attached hydrogen (secondary N) is 1. The molecule has 0 heterocycles. The van der Waals surface area contributed by atoms with Crippen molar-refractivity contribution in [2.75, 3.05) is 6.61 Å². The molecule has 0 bridgehead atoms. The van der Waals surface area contributed by atoms with Gasteiger partial charge in [-0.1, -0.05) is 84.9 Å². The average Bonchev–Trinajstić information content (AvgIpc) is 3.14. The van der Waals surface area contributed by atoms with Crippen molar-refractivity contribution < 1.29 is 19.4 Å². The number of carbonyl (C=O) groups excluding carboxylic acids is 1. The number of carboxylic acids is 1. The van der Waals surface area contributed by atoms with Crippen LogP contribution in [0.15, 0.2) is 84.9 Å². The fraction of sp³-hybridized carbons (Fsp3) is 0.185. The molecule has 3 aromatic carbocycles. The lowest BCUT2D eigenvalue weighted by Gasteiger charge is -2.16. The molecular formula is C27H25NO4. The van der Waals surface area contributed by atoms with Gasteiger partial charge in [0.05, 0.1) is 0 Å². The third kappa shape index (κ3) is 4.89. The van der Waals surface area contributed by atoms with Gasteiger partial charge >= 0.3 is 12.1 Å². The summed E-state index contributed by atoms with van der Waals surface area (Å²) in [5.41, 5.74) is 6.15. The van der Waals surface area contributed by atoms with Crippen LogP contribution in [0.2, 0.25) is 0 Å². The molecule has 1 aliphatic rings. The minimum atomic E-state index is -0.829. The van der Waals surface area contributed by atoms with Crippen LogP contribution >= 0.6 is 0 Å². The van der Waals surface area contributed by atoms with Gasteiger partial charge < -0.3 is 9.84 Å². The maximum atomic E-state index is 12.7. The molecular weight excluding hydrogens is 402 g/mol. The number of amides is 1. The lowest BCUT2D eigenvalue weighted by Crippen LogP contribution is -2.25. The summed E-state index contributed by atoms with van der Waals surface area (Å²) in [5.74, 6) is -0.836. The normalized spacial score (nSPS) is 12.7. The highest BCUT2D eigenvalue weighted by molar-refractivity contribution is 5.82. The number of allylic oxidation sites excluding steroid dienone is 1. The van der Waals surface area contributed by atoms with Crippen LogP contribution in [0.25, 0.3) is 16.8 Å². The highest BCUT2D eigenvalue weighted by Gasteiger charge is 2.29. The van der Waals surface area contributed by atoms with E-state index in [1.807, 2.05) is 60.7 Å². The largest absolute Gasteiger partial charge is 0.481 e. The molecule has 0 aliphatic heterocycles. The van der Waals surface area contributed by atoms with Crippen molar-refractivity contribution >= 4 is 17.8 Å². The molecule has 0 atom stereocenters. The molecule has 0 fully saturated rings. The number of unbranched alkanes of at least 4 members (excludes halogenated alkanes) is 1. The van der Waals surface area contributed by atoms with E-state index in [1.165, 1.54) is 11.1 Å². The number of aliphatic carboxylic acids is 1. The summed E-state index contributed by atoms with van der Waals surface area (Å²) in [6.45, 7) is 0.237. The summed E-state index contributed by atoms with van der Waals surface area (Å²) >= 11 is 0. The third-order valence-electron chi connectivity index (χ3n) is 5.61. The molecule has 5 nitrogen and oxygen atoms in total. The molecule has 2 N–H and O–H groups in total. The first-order valence-corrected chi connectivity index (χ1v) is 10.7. The van der Waals surface area contributed by atoms with Gasteiger partial charge in [-0.25, -0.2) is 4.79 Å². The van der Waals surface area contributed by atoms with E-state index >= 15 is 0 Å². The predicted molar refractivity (Wildman–Crippen MR) is 124 cm³/mol. The van der Waals surface area contributed by atoms with E-state index in [4.69, 9.17) is 9.84 Å². The standard InChI is InChI=1S/C27H25NO4/c29-26(30)17-9-8-16-25(19-10-2-1-3-11-19)28-27(31)32-18-24-22-14-6-4-12-20(22)21-13-5-7-15-23(21)24/h1-7,10-16,24H,8-9,17-18H2,(H,28,31)(H,29,30)/b25-16-. The SMILES string of the molecule is O=C(O)CCC/C=C(\NC(=O)OCC1c2ccccc2-c2ccccc21)c1ccccc1. The molecule has 0 aromatic heterocycles. The Hall–Kier alpha value is -3.86. The molecule has 5 heteroatoms. The summed E-state index contributed by atoms with van der Waals surface area (Å²) in [6.07, 6.45) is 2.45. The van der Waals surface area contributed by atoms with Gasteiger partial charge in [0.2, 0.25) is 0 Å². The molecule has 1 amide bonds. The second-order valence-corrected chi connectivity index (χ2v) is 7.72. The van der Waals surface area contributed by atoms with Gasteiger partial charge in [-0.15, -0.1) is 0 Å². The van der Waals surface area contributed by atoms with E-state index in [0.29, 0.717) is 18.5 Å². The van der Waals surface area contributed by atoms with Crippen molar-refractivity contribution in [1.82, 2.24) is 5.32 Å². The Bertz CT molecular complexity index is 1090. The van der Waals surface area contributed by atoms with E-state index in [0.717, 1.165) is 16.7 Å². The van der Waals surface area contributed by atoms with Crippen LogP contribution in [0.3, 0.4) is 0 Å². The Morgan fingerprint density at radius 2 is 1.47 bits per heavy atom. The average molecular weight is 428 g/mol. The number of hydrogen-bond donors (Lipinski definition) is 2. The van der Waals surface area contributed by atoms with Gasteiger partial charge in [-0.3, -0.25) is 10.1 Å². The first-order valence-electron chi connectivity index (χ1n) is 10.7. The van der Waals surface area contributed by atoms with Crippen molar-refractivity contribution in [3.05, 3.63) is 102 Å². The van der Waals surface area contributed by atoms with Crippen LogP contribution < -0.4 is 5.32 Å². The highest BCUT2D eigenvalue weighted by atomic mass is 16.5. The van der Waals surface area contributed by atoms with Crippen LogP contribution in [0.1, 0.15) is 41.9 Å². The predicted octanol–water partition coefficient (Wildman–Crippen LogP) is 5.82. The Labute approximate surface area is 187 Å². The smallest absolute Gasteiger partial charge is 0.411 e. The number of carboxylic acid groups (broad SMARTS) is 1. The van der Waals surface area contributed by atoms with Crippen LogP contribution in [0.5, 0.6) is 0 Å². The Morgan fingerprint density at radius 3 is 2.09 bits per heavy atom. The van der Waals surface area contributed by atoms with Crippen molar-refractivity contribution in [3.63, 3.8) is 0 Å². The zero-order valence-electron chi connectivity index (χ0n) is 17.7. The van der Waals surface area contributed by atoms with E-state index in [1.54, 1.807) is 0 Å². The number of fused-ring (bicyclic) bond motifs is 3. The molecule has 3 aromatic rings. The van der Waals surface area contributed by atoms with Crippen molar-refractivity contribution in [2.45, 2.75) is 25.2 Å². The number of hydrogen-bond acceptors (Lipinski definition) is 3. The summed E-state index contributed by atoms with van der Waals surface area (Å²) in [4.78, 5) is 23.4. The third-order valence-corrected chi connectivity index (χ3v) is 5.61. The zero-order chi connectivity index (χ0) is 22.3. The second kappa shape index (κ2) is 9.96. The Morgan fingerprint density at radius 1 is 0.875 bits per heavy atom. The van der Waals surface area contributed by atoms with Crippen molar-refractivity contribution in [3.8, 4) is 11.1 Å². The first kappa shape index (κ1) is 21.4. The lowest BCUT2D eigenvalue weighted by atomic mass is 9.98. The summed E-state index contributed by atoms with van der Waals surface area (Å²) < 4.78 is 5.65. The molecule has 0 spiro atoms.